The number of nitrogens with one attached hydrogen (secondary N) is 2. The molecule has 0 radical (unpaired) electrons. The number of nitrogens with zero attached hydrogens (tertiary/aromatic N) is 1. The maximum atomic E-state index is 5.65. The van der Waals surface area contributed by atoms with Crippen LogP contribution in [0.1, 0.15) is 29.5 Å². The number of methoxy groups -OCH3 is 2. The van der Waals surface area contributed by atoms with E-state index in [4.69, 9.17) is 14.2 Å². The lowest BCUT2D eigenvalue weighted by molar-refractivity contribution is 0.0513. The van der Waals surface area contributed by atoms with Gasteiger partial charge in [0.1, 0.15) is 11.5 Å². The molecular weight excluding hydrogens is 505 g/mol. The van der Waals surface area contributed by atoms with Crippen molar-refractivity contribution in [2.24, 2.45) is 4.99 Å². The molecule has 7 heteroatoms. The van der Waals surface area contributed by atoms with Gasteiger partial charge in [-0.25, -0.2) is 0 Å². The van der Waals surface area contributed by atoms with E-state index in [0.29, 0.717) is 6.54 Å². The molecule has 0 unspecified atom stereocenters. The van der Waals surface area contributed by atoms with Crippen molar-refractivity contribution < 1.29 is 14.2 Å². The Morgan fingerprint density at radius 1 is 1.03 bits per heavy atom. The smallest absolute Gasteiger partial charge is 0.191 e. The second-order valence-electron chi connectivity index (χ2n) is 7.72. The van der Waals surface area contributed by atoms with Gasteiger partial charge in [-0.1, -0.05) is 24.3 Å². The van der Waals surface area contributed by atoms with Crippen LogP contribution in [0.2, 0.25) is 0 Å². The van der Waals surface area contributed by atoms with E-state index >= 15 is 0 Å². The Balaban J connectivity index is 0.00000341. The molecule has 6 nitrogen and oxygen atoms in total. The van der Waals surface area contributed by atoms with Gasteiger partial charge in [0.15, 0.2) is 5.96 Å². The lowest BCUT2D eigenvalue weighted by Crippen LogP contribution is -2.47. The van der Waals surface area contributed by atoms with Gasteiger partial charge < -0.3 is 24.8 Å². The fourth-order valence-electron chi connectivity index (χ4n) is 3.92. The van der Waals surface area contributed by atoms with Gasteiger partial charge in [-0.05, 0) is 49.1 Å². The quantitative estimate of drug-likeness (QED) is 0.316. The Hall–Kier alpha value is -2.00. The Kier molecular flexibility index (Phi) is 9.90. The van der Waals surface area contributed by atoms with Gasteiger partial charge >= 0.3 is 0 Å². The van der Waals surface area contributed by atoms with Crippen LogP contribution in [0.4, 0.5) is 0 Å². The highest BCUT2D eigenvalue weighted by molar-refractivity contribution is 14.0. The van der Waals surface area contributed by atoms with Crippen LogP contribution >= 0.6 is 24.0 Å². The maximum Gasteiger partial charge on any atom is 0.191 e. The van der Waals surface area contributed by atoms with Crippen LogP contribution in [0.3, 0.4) is 0 Å². The summed E-state index contributed by atoms with van der Waals surface area (Å²) in [5.74, 6) is 2.53. The van der Waals surface area contributed by atoms with Gasteiger partial charge in [-0.15, -0.1) is 24.0 Å². The highest BCUT2D eigenvalue weighted by Gasteiger charge is 2.34. The molecule has 0 saturated carbocycles. The van der Waals surface area contributed by atoms with Crippen molar-refractivity contribution in [1.29, 1.82) is 0 Å². The number of ether oxygens (including phenoxy) is 3. The van der Waals surface area contributed by atoms with Crippen LogP contribution < -0.4 is 20.1 Å². The summed E-state index contributed by atoms with van der Waals surface area (Å²) in [4.78, 5) is 4.42. The van der Waals surface area contributed by atoms with Crippen LogP contribution in [0.5, 0.6) is 11.5 Å². The fraction of sp³-hybridized carbons (Fsp3) is 0.458. The van der Waals surface area contributed by atoms with Crippen molar-refractivity contribution in [1.82, 2.24) is 10.6 Å². The van der Waals surface area contributed by atoms with E-state index in [1.165, 1.54) is 11.1 Å². The molecule has 1 aliphatic heterocycles. The Morgan fingerprint density at radius 3 is 2.35 bits per heavy atom. The molecule has 170 valence electrons. The van der Waals surface area contributed by atoms with Gasteiger partial charge in [-0.2, -0.15) is 0 Å². The van der Waals surface area contributed by atoms with Crippen molar-refractivity contribution in [3.63, 3.8) is 0 Å². The molecule has 31 heavy (non-hydrogen) atoms. The number of halogens is 1. The van der Waals surface area contributed by atoms with Gasteiger partial charge in [0.2, 0.25) is 0 Å². The van der Waals surface area contributed by atoms with Crippen molar-refractivity contribution in [3.05, 3.63) is 59.2 Å². The van der Waals surface area contributed by atoms with Crippen LogP contribution in [0, 0.1) is 6.92 Å². The van der Waals surface area contributed by atoms with Crippen molar-refractivity contribution >= 4 is 29.9 Å². The third kappa shape index (κ3) is 6.49. The normalized spacial score (nSPS) is 15.5. The second-order valence-corrected chi connectivity index (χ2v) is 7.72. The summed E-state index contributed by atoms with van der Waals surface area (Å²) in [6.07, 6.45) is 1.93. The first-order valence-electron chi connectivity index (χ1n) is 10.4. The number of hydrogen-bond acceptors (Lipinski definition) is 4. The van der Waals surface area contributed by atoms with E-state index in [1.807, 2.05) is 18.2 Å². The summed E-state index contributed by atoms with van der Waals surface area (Å²) in [7, 11) is 5.19. The zero-order valence-electron chi connectivity index (χ0n) is 18.9. The Morgan fingerprint density at radius 2 is 1.74 bits per heavy atom. The molecule has 1 saturated heterocycles. The average Bonchev–Trinajstić information content (AvgIpc) is 2.80. The standard InChI is InChI=1S/C24H33N3O3.HI/c1-18-5-6-19(22(15-18)29-4)16-26-23(25-2)27-17-24(11-13-30-14-12-24)20-7-9-21(28-3)10-8-20;/h5-10,15H,11-14,16-17H2,1-4H3,(H2,25,26,27);1H. The number of benzene rings is 2. The minimum Gasteiger partial charge on any atom is -0.497 e. The highest BCUT2D eigenvalue weighted by Crippen LogP contribution is 2.35. The number of rotatable bonds is 7. The minimum atomic E-state index is 0. The topological polar surface area (TPSA) is 64.1 Å². The Bertz CT molecular complexity index is 850. The first-order valence-corrected chi connectivity index (χ1v) is 10.4. The summed E-state index contributed by atoms with van der Waals surface area (Å²) in [6.45, 7) is 5.02. The van der Waals surface area contributed by atoms with Gasteiger partial charge in [0.05, 0.1) is 14.2 Å². The van der Waals surface area contributed by atoms with E-state index in [2.05, 4.69) is 46.8 Å². The lowest BCUT2D eigenvalue weighted by Gasteiger charge is -2.38. The molecule has 0 aliphatic carbocycles. The fourth-order valence-corrected chi connectivity index (χ4v) is 3.92. The zero-order valence-corrected chi connectivity index (χ0v) is 21.2. The molecule has 1 fully saturated rings. The molecule has 2 aromatic carbocycles. The molecule has 3 rings (SSSR count). The van der Waals surface area contributed by atoms with E-state index in [1.54, 1.807) is 21.3 Å². The largest absolute Gasteiger partial charge is 0.497 e. The highest BCUT2D eigenvalue weighted by atomic mass is 127. The number of guanidine groups is 1. The van der Waals surface area contributed by atoms with Crippen molar-refractivity contribution in [2.45, 2.75) is 31.7 Å². The van der Waals surface area contributed by atoms with Crippen molar-refractivity contribution in [3.8, 4) is 11.5 Å². The zero-order chi connectivity index (χ0) is 21.4. The first-order chi connectivity index (χ1) is 14.6. The number of aryl methyl sites for hydroxylation is 1. The summed E-state index contributed by atoms with van der Waals surface area (Å²) < 4.78 is 16.5. The summed E-state index contributed by atoms with van der Waals surface area (Å²) in [6, 6.07) is 14.6. The molecule has 0 bridgehead atoms. The minimum absolute atomic E-state index is 0. The molecule has 2 N–H and O–H groups in total. The van der Waals surface area contributed by atoms with E-state index < -0.39 is 0 Å². The molecular formula is C24H34IN3O3. The second kappa shape index (κ2) is 12.1. The molecule has 1 aliphatic rings. The first kappa shape index (κ1) is 25.3. The molecule has 2 aromatic rings. The van der Waals surface area contributed by atoms with E-state index in [-0.39, 0.29) is 29.4 Å². The molecule has 0 spiro atoms. The molecule has 0 aromatic heterocycles. The van der Waals surface area contributed by atoms with Crippen LogP contribution in [0.15, 0.2) is 47.5 Å². The summed E-state index contributed by atoms with van der Waals surface area (Å²) in [5, 5.41) is 6.95. The van der Waals surface area contributed by atoms with E-state index in [9.17, 15) is 0 Å². The van der Waals surface area contributed by atoms with Crippen molar-refractivity contribution in [2.75, 3.05) is 41.0 Å². The number of aliphatic imine (C=N–C) groups is 1. The molecule has 0 amide bonds. The third-order valence-electron chi connectivity index (χ3n) is 5.86. The lowest BCUT2D eigenvalue weighted by atomic mass is 9.74. The average molecular weight is 539 g/mol. The van der Waals surface area contributed by atoms with Crippen LogP contribution in [-0.2, 0) is 16.7 Å². The van der Waals surface area contributed by atoms with Gasteiger partial charge in [0.25, 0.3) is 0 Å². The SMILES string of the molecule is CN=C(NCc1ccc(C)cc1OC)NCC1(c2ccc(OC)cc2)CCOCC1.I. The van der Waals surface area contributed by atoms with Crippen LogP contribution in [0.25, 0.3) is 0 Å². The Labute approximate surface area is 202 Å². The summed E-state index contributed by atoms with van der Waals surface area (Å²) in [5.41, 5.74) is 3.58. The summed E-state index contributed by atoms with van der Waals surface area (Å²) >= 11 is 0. The predicted molar refractivity (Wildman–Crippen MR) is 136 cm³/mol. The molecule has 0 atom stereocenters. The monoisotopic (exact) mass is 539 g/mol. The van der Waals surface area contributed by atoms with Gasteiger partial charge in [0, 0.05) is 44.3 Å². The third-order valence-corrected chi connectivity index (χ3v) is 5.86. The van der Waals surface area contributed by atoms with E-state index in [0.717, 1.165) is 55.6 Å². The number of hydrogen-bond donors (Lipinski definition) is 2. The van der Waals surface area contributed by atoms with Crippen LogP contribution in [-0.4, -0.2) is 47.0 Å². The maximum absolute atomic E-state index is 5.65. The van der Waals surface area contributed by atoms with Gasteiger partial charge in [-0.3, -0.25) is 4.99 Å². The molecule has 1 heterocycles. The predicted octanol–water partition coefficient (Wildman–Crippen LogP) is 4.04.